The Morgan fingerprint density at radius 3 is 2.78 bits per heavy atom. The lowest BCUT2D eigenvalue weighted by Crippen LogP contribution is -2.37. The number of imidazole rings is 1. The third-order valence-corrected chi connectivity index (χ3v) is 4.43. The molecular formula is C17H20FN3O2. The molecule has 1 saturated carbocycles. The second-order valence-electron chi connectivity index (χ2n) is 5.85. The summed E-state index contributed by atoms with van der Waals surface area (Å²) in [6.45, 7) is 0. The van der Waals surface area contributed by atoms with Gasteiger partial charge in [-0.25, -0.2) is 14.2 Å². The summed E-state index contributed by atoms with van der Waals surface area (Å²) in [6, 6.07) is 4.82. The molecule has 0 atom stereocenters. The number of rotatable bonds is 3. The molecule has 0 N–H and O–H groups in total. The van der Waals surface area contributed by atoms with Gasteiger partial charge in [-0.05, 0) is 31.0 Å². The molecule has 2 aromatic rings. The van der Waals surface area contributed by atoms with E-state index in [4.69, 9.17) is 4.74 Å². The van der Waals surface area contributed by atoms with Crippen LogP contribution in [0.25, 0.3) is 11.3 Å². The lowest BCUT2D eigenvalue weighted by Gasteiger charge is -2.23. The van der Waals surface area contributed by atoms with Crippen molar-refractivity contribution in [2.75, 3.05) is 14.2 Å². The fourth-order valence-electron chi connectivity index (χ4n) is 3.03. The zero-order chi connectivity index (χ0) is 16.4. The summed E-state index contributed by atoms with van der Waals surface area (Å²) in [6.07, 6.45) is 7.55. The lowest BCUT2D eigenvalue weighted by molar-refractivity contribution is 0.192. The maximum Gasteiger partial charge on any atom is 0.329 e. The van der Waals surface area contributed by atoms with E-state index in [1.54, 1.807) is 23.2 Å². The third-order valence-electron chi connectivity index (χ3n) is 4.43. The Balaban J connectivity index is 1.79. The van der Waals surface area contributed by atoms with Crippen LogP contribution < -0.4 is 4.74 Å². The van der Waals surface area contributed by atoms with E-state index in [2.05, 4.69) is 4.98 Å². The van der Waals surface area contributed by atoms with Gasteiger partial charge in [0.15, 0.2) is 11.6 Å². The van der Waals surface area contributed by atoms with Crippen LogP contribution in [0.15, 0.2) is 30.7 Å². The molecule has 1 aromatic carbocycles. The number of hydrogen-bond acceptors (Lipinski definition) is 3. The summed E-state index contributed by atoms with van der Waals surface area (Å²) in [5, 5.41) is 0. The highest BCUT2D eigenvalue weighted by atomic mass is 19.1. The maximum atomic E-state index is 13.8. The van der Waals surface area contributed by atoms with Crippen molar-refractivity contribution in [1.29, 1.82) is 0 Å². The Bertz CT molecular complexity index is 708. The molecule has 0 radical (unpaired) electrons. The molecule has 1 aromatic heterocycles. The number of ether oxygens (including phenoxy) is 1. The molecule has 5 nitrogen and oxygen atoms in total. The highest BCUT2D eigenvalue weighted by Crippen LogP contribution is 2.25. The van der Waals surface area contributed by atoms with Crippen LogP contribution in [-0.2, 0) is 0 Å². The Morgan fingerprint density at radius 1 is 1.39 bits per heavy atom. The molecule has 23 heavy (non-hydrogen) atoms. The van der Waals surface area contributed by atoms with Gasteiger partial charge in [0.25, 0.3) is 0 Å². The van der Waals surface area contributed by atoms with E-state index in [0.29, 0.717) is 17.3 Å². The molecule has 1 heterocycles. The number of amides is 1. The standard InChI is InChI=1S/C17H20FN3O2/c1-20(13-5-3-4-6-13)17(22)21-10-15(19-11-21)12-7-8-16(23-2)14(18)9-12/h7-11,13H,3-6H2,1-2H3. The highest BCUT2D eigenvalue weighted by molar-refractivity contribution is 5.78. The fourth-order valence-corrected chi connectivity index (χ4v) is 3.03. The minimum Gasteiger partial charge on any atom is -0.494 e. The van der Waals surface area contributed by atoms with Crippen molar-refractivity contribution < 1.29 is 13.9 Å². The molecule has 0 bridgehead atoms. The van der Waals surface area contributed by atoms with E-state index in [9.17, 15) is 9.18 Å². The zero-order valence-corrected chi connectivity index (χ0v) is 13.3. The summed E-state index contributed by atoms with van der Waals surface area (Å²) in [4.78, 5) is 18.5. The first-order valence-electron chi connectivity index (χ1n) is 7.75. The van der Waals surface area contributed by atoms with Gasteiger partial charge in [0, 0.05) is 24.8 Å². The van der Waals surface area contributed by atoms with Crippen molar-refractivity contribution in [3.05, 3.63) is 36.5 Å². The molecule has 6 heteroatoms. The van der Waals surface area contributed by atoms with Gasteiger partial charge in [0.2, 0.25) is 0 Å². The van der Waals surface area contributed by atoms with Crippen LogP contribution in [-0.4, -0.2) is 40.7 Å². The molecule has 0 saturated heterocycles. The second-order valence-corrected chi connectivity index (χ2v) is 5.85. The van der Waals surface area contributed by atoms with Gasteiger partial charge in [-0.15, -0.1) is 0 Å². The Hall–Kier alpha value is -2.37. The SMILES string of the molecule is COc1ccc(-c2cn(C(=O)N(C)C3CCCC3)cn2)cc1F. The largest absolute Gasteiger partial charge is 0.494 e. The third kappa shape index (κ3) is 3.06. The molecule has 1 amide bonds. The average Bonchev–Trinajstić information content (AvgIpc) is 3.25. The van der Waals surface area contributed by atoms with Gasteiger partial charge >= 0.3 is 6.03 Å². The number of aromatic nitrogens is 2. The molecular weight excluding hydrogens is 297 g/mol. The van der Waals surface area contributed by atoms with E-state index < -0.39 is 5.82 Å². The second kappa shape index (κ2) is 6.40. The van der Waals surface area contributed by atoms with Crippen molar-refractivity contribution in [2.24, 2.45) is 0 Å². The van der Waals surface area contributed by atoms with Crippen molar-refractivity contribution in [3.63, 3.8) is 0 Å². The van der Waals surface area contributed by atoms with Crippen LogP contribution in [0.3, 0.4) is 0 Å². The van der Waals surface area contributed by atoms with Crippen molar-refractivity contribution in [2.45, 2.75) is 31.7 Å². The summed E-state index contributed by atoms with van der Waals surface area (Å²) in [5.41, 5.74) is 1.16. The predicted molar refractivity (Wildman–Crippen MR) is 85.0 cm³/mol. The molecule has 1 aliphatic carbocycles. The normalized spacial score (nSPS) is 14.9. The predicted octanol–water partition coefficient (Wildman–Crippen LogP) is 3.54. The number of hydrogen-bond donors (Lipinski definition) is 0. The van der Waals surface area contributed by atoms with E-state index in [1.165, 1.54) is 36.9 Å². The zero-order valence-electron chi connectivity index (χ0n) is 13.3. The number of methoxy groups -OCH3 is 1. The van der Waals surface area contributed by atoms with Crippen molar-refractivity contribution >= 4 is 6.03 Å². The molecule has 3 rings (SSSR count). The van der Waals surface area contributed by atoms with Gasteiger partial charge in [-0.1, -0.05) is 12.8 Å². The highest BCUT2D eigenvalue weighted by Gasteiger charge is 2.24. The monoisotopic (exact) mass is 317 g/mol. The quantitative estimate of drug-likeness (QED) is 0.870. The molecule has 0 spiro atoms. The number of carbonyl (C=O) groups excluding carboxylic acids is 1. The summed E-state index contributed by atoms with van der Waals surface area (Å²) in [7, 11) is 3.25. The minimum atomic E-state index is -0.450. The topological polar surface area (TPSA) is 47.4 Å². The summed E-state index contributed by atoms with van der Waals surface area (Å²) >= 11 is 0. The van der Waals surface area contributed by atoms with Crippen LogP contribution in [0.1, 0.15) is 25.7 Å². The molecule has 1 aliphatic rings. The molecule has 0 unspecified atom stereocenters. The number of benzene rings is 1. The van der Waals surface area contributed by atoms with Crippen LogP contribution in [0.5, 0.6) is 5.75 Å². The number of carbonyl (C=O) groups is 1. The smallest absolute Gasteiger partial charge is 0.329 e. The maximum absolute atomic E-state index is 13.8. The van der Waals surface area contributed by atoms with E-state index >= 15 is 0 Å². The van der Waals surface area contributed by atoms with Gasteiger partial charge in [-0.2, -0.15) is 0 Å². The lowest BCUT2D eigenvalue weighted by atomic mass is 10.1. The number of halogens is 1. The molecule has 0 aliphatic heterocycles. The van der Waals surface area contributed by atoms with E-state index in [-0.39, 0.29) is 11.8 Å². The fraction of sp³-hybridized carbons (Fsp3) is 0.412. The summed E-state index contributed by atoms with van der Waals surface area (Å²) < 4.78 is 20.2. The van der Waals surface area contributed by atoms with E-state index in [0.717, 1.165) is 12.8 Å². The first-order chi connectivity index (χ1) is 11.1. The Kier molecular flexibility index (Phi) is 4.32. The molecule has 122 valence electrons. The van der Waals surface area contributed by atoms with Crippen LogP contribution in [0, 0.1) is 5.82 Å². The van der Waals surface area contributed by atoms with Gasteiger partial charge < -0.3 is 9.64 Å². The summed E-state index contributed by atoms with van der Waals surface area (Å²) in [5.74, 6) is -0.265. The van der Waals surface area contributed by atoms with Crippen molar-refractivity contribution in [3.8, 4) is 17.0 Å². The van der Waals surface area contributed by atoms with Crippen LogP contribution >= 0.6 is 0 Å². The van der Waals surface area contributed by atoms with Gasteiger partial charge in [0.1, 0.15) is 6.33 Å². The van der Waals surface area contributed by atoms with E-state index in [1.807, 2.05) is 7.05 Å². The Morgan fingerprint density at radius 2 is 2.13 bits per heavy atom. The van der Waals surface area contributed by atoms with Crippen molar-refractivity contribution in [1.82, 2.24) is 14.5 Å². The van der Waals surface area contributed by atoms with Crippen LogP contribution in [0.4, 0.5) is 9.18 Å². The first kappa shape index (κ1) is 15.5. The van der Waals surface area contributed by atoms with Gasteiger partial charge in [-0.3, -0.25) is 4.57 Å². The molecule has 1 fully saturated rings. The average molecular weight is 317 g/mol. The minimum absolute atomic E-state index is 0.107. The Labute approximate surface area is 134 Å². The van der Waals surface area contributed by atoms with Gasteiger partial charge in [0.05, 0.1) is 12.8 Å². The first-order valence-corrected chi connectivity index (χ1v) is 7.75. The number of nitrogens with zero attached hydrogens (tertiary/aromatic N) is 3. The van der Waals surface area contributed by atoms with Crippen LogP contribution in [0.2, 0.25) is 0 Å².